The predicted molar refractivity (Wildman–Crippen MR) is 43.9 cm³/mol. The molecule has 0 aliphatic heterocycles. The van der Waals surface area contributed by atoms with E-state index >= 15 is 0 Å². The molecule has 0 aliphatic carbocycles. The number of urea groups is 1. The summed E-state index contributed by atoms with van der Waals surface area (Å²) >= 11 is 0. The average molecular weight is 155 g/mol. The molecule has 0 fully saturated rings. The zero-order valence-corrected chi connectivity index (χ0v) is 6.61. The highest BCUT2D eigenvalue weighted by molar-refractivity contribution is 5.71. The van der Waals surface area contributed by atoms with Gasteiger partial charge in [0.15, 0.2) is 0 Å². The van der Waals surface area contributed by atoms with Gasteiger partial charge in [-0.2, -0.15) is 0 Å². The highest BCUT2D eigenvalue weighted by Gasteiger charge is 1.87. The van der Waals surface area contributed by atoms with Gasteiger partial charge in [-0.05, 0) is 6.92 Å². The van der Waals surface area contributed by atoms with E-state index in [1.54, 1.807) is 6.92 Å². The summed E-state index contributed by atoms with van der Waals surface area (Å²) in [6, 6.07) is -0.492. The van der Waals surface area contributed by atoms with Crippen LogP contribution in [0.3, 0.4) is 0 Å². The Hall–Kier alpha value is -1.21. The van der Waals surface area contributed by atoms with Crippen LogP contribution in [0.1, 0.15) is 6.92 Å². The Bertz CT molecular complexity index is 168. The molecule has 0 saturated carbocycles. The smallest absolute Gasteiger partial charge is 0.312 e. The third-order valence-corrected chi connectivity index (χ3v) is 0.991. The van der Waals surface area contributed by atoms with E-state index in [0.29, 0.717) is 19.6 Å². The zero-order valence-electron chi connectivity index (χ0n) is 6.61. The van der Waals surface area contributed by atoms with Gasteiger partial charge in [0, 0.05) is 13.1 Å². The molecular formula is C7H13N3O. The molecule has 0 atom stereocenters. The maximum atomic E-state index is 10.1. The van der Waals surface area contributed by atoms with E-state index in [4.69, 9.17) is 5.73 Å². The van der Waals surface area contributed by atoms with Crippen LogP contribution in [0.2, 0.25) is 0 Å². The third-order valence-electron chi connectivity index (χ3n) is 0.991. The van der Waals surface area contributed by atoms with Crippen molar-refractivity contribution in [1.29, 1.82) is 0 Å². The fraction of sp³-hybridized carbons (Fsp3) is 0.571. The molecular weight excluding hydrogens is 142 g/mol. The second-order valence-corrected chi connectivity index (χ2v) is 1.89. The van der Waals surface area contributed by atoms with Gasteiger partial charge < -0.3 is 16.4 Å². The lowest BCUT2D eigenvalue weighted by Gasteiger charge is -2.00. The van der Waals surface area contributed by atoms with Crippen LogP contribution < -0.4 is 16.4 Å². The Morgan fingerprint density at radius 1 is 1.55 bits per heavy atom. The SMILES string of the molecule is CC#CCNCCNC(N)=O. The number of amides is 2. The number of primary amides is 1. The molecule has 0 aromatic carbocycles. The van der Waals surface area contributed by atoms with Crippen molar-refractivity contribution in [3.63, 3.8) is 0 Å². The summed E-state index contributed by atoms with van der Waals surface area (Å²) < 4.78 is 0. The molecule has 0 aromatic heterocycles. The zero-order chi connectivity index (χ0) is 8.53. The van der Waals surface area contributed by atoms with Crippen molar-refractivity contribution in [3.8, 4) is 11.8 Å². The van der Waals surface area contributed by atoms with Crippen LogP contribution in [-0.2, 0) is 0 Å². The fourth-order valence-electron chi connectivity index (χ4n) is 0.513. The Morgan fingerprint density at radius 2 is 2.27 bits per heavy atom. The number of carbonyl (C=O) groups excluding carboxylic acids is 1. The molecule has 0 spiro atoms. The molecule has 0 saturated heterocycles. The molecule has 0 heterocycles. The van der Waals surface area contributed by atoms with Crippen LogP contribution >= 0.6 is 0 Å². The van der Waals surface area contributed by atoms with Gasteiger partial charge in [0.05, 0.1) is 6.54 Å². The minimum absolute atomic E-state index is 0.492. The van der Waals surface area contributed by atoms with Crippen molar-refractivity contribution in [2.45, 2.75) is 6.92 Å². The lowest BCUT2D eigenvalue weighted by atomic mass is 10.5. The highest BCUT2D eigenvalue weighted by Crippen LogP contribution is 1.59. The van der Waals surface area contributed by atoms with Crippen LogP contribution in [0.4, 0.5) is 4.79 Å². The third kappa shape index (κ3) is 8.79. The monoisotopic (exact) mass is 155 g/mol. The molecule has 0 aliphatic rings. The molecule has 11 heavy (non-hydrogen) atoms. The van der Waals surface area contributed by atoms with Gasteiger partial charge in [0.25, 0.3) is 0 Å². The van der Waals surface area contributed by atoms with Crippen molar-refractivity contribution in [2.75, 3.05) is 19.6 Å². The molecule has 0 unspecified atom stereocenters. The van der Waals surface area contributed by atoms with Crippen molar-refractivity contribution in [1.82, 2.24) is 10.6 Å². The summed E-state index contributed by atoms with van der Waals surface area (Å²) in [5, 5.41) is 5.45. The molecule has 62 valence electrons. The quantitative estimate of drug-likeness (QED) is 0.370. The Morgan fingerprint density at radius 3 is 2.82 bits per heavy atom. The Balaban J connectivity index is 3.00. The number of hydrogen-bond acceptors (Lipinski definition) is 2. The standard InChI is InChI=1S/C7H13N3O/c1-2-3-4-9-5-6-10-7(8)11/h9H,4-6H2,1H3,(H3,8,10,11). The molecule has 0 radical (unpaired) electrons. The van der Waals surface area contributed by atoms with Crippen LogP contribution in [0.5, 0.6) is 0 Å². The fourth-order valence-corrected chi connectivity index (χ4v) is 0.513. The molecule has 0 bridgehead atoms. The molecule has 4 heteroatoms. The minimum atomic E-state index is -0.492. The van der Waals surface area contributed by atoms with E-state index in [-0.39, 0.29) is 0 Å². The second-order valence-electron chi connectivity index (χ2n) is 1.89. The first kappa shape index (κ1) is 9.79. The number of rotatable bonds is 4. The highest BCUT2D eigenvalue weighted by atomic mass is 16.2. The first-order valence-corrected chi connectivity index (χ1v) is 3.41. The van der Waals surface area contributed by atoms with Crippen molar-refractivity contribution >= 4 is 6.03 Å². The lowest BCUT2D eigenvalue weighted by Crippen LogP contribution is -2.35. The van der Waals surface area contributed by atoms with E-state index in [0.717, 1.165) is 0 Å². The summed E-state index contributed by atoms with van der Waals surface area (Å²) in [6.07, 6.45) is 0. The van der Waals surface area contributed by atoms with Crippen LogP contribution in [0.25, 0.3) is 0 Å². The van der Waals surface area contributed by atoms with E-state index in [2.05, 4.69) is 22.5 Å². The lowest BCUT2D eigenvalue weighted by molar-refractivity contribution is 0.249. The first-order chi connectivity index (χ1) is 5.27. The van der Waals surface area contributed by atoms with E-state index in [1.165, 1.54) is 0 Å². The molecule has 4 N–H and O–H groups in total. The van der Waals surface area contributed by atoms with E-state index in [1.807, 2.05) is 0 Å². The minimum Gasteiger partial charge on any atom is -0.352 e. The maximum Gasteiger partial charge on any atom is 0.312 e. The summed E-state index contributed by atoms with van der Waals surface area (Å²) in [7, 11) is 0. The number of hydrogen-bond donors (Lipinski definition) is 3. The molecule has 0 aromatic rings. The Kier molecular flexibility index (Phi) is 6.14. The first-order valence-electron chi connectivity index (χ1n) is 3.41. The van der Waals surface area contributed by atoms with Crippen LogP contribution in [0.15, 0.2) is 0 Å². The average Bonchev–Trinajstić information content (AvgIpc) is 1.96. The predicted octanol–water partition coefficient (Wildman–Crippen LogP) is -0.732. The summed E-state index contributed by atoms with van der Waals surface area (Å²) in [6.45, 7) is 3.67. The van der Waals surface area contributed by atoms with E-state index in [9.17, 15) is 4.79 Å². The summed E-state index contributed by atoms with van der Waals surface area (Å²) in [4.78, 5) is 10.1. The van der Waals surface area contributed by atoms with Crippen LogP contribution in [-0.4, -0.2) is 25.7 Å². The second kappa shape index (κ2) is 6.90. The van der Waals surface area contributed by atoms with Crippen molar-refractivity contribution < 1.29 is 4.79 Å². The van der Waals surface area contributed by atoms with Gasteiger partial charge in [-0.1, -0.05) is 5.92 Å². The van der Waals surface area contributed by atoms with Crippen molar-refractivity contribution in [2.24, 2.45) is 5.73 Å². The van der Waals surface area contributed by atoms with Gasteiger partial charge in [-0.25, -0.2) is 4.79 Å². The number of nitrogens with one attached hydrogen (secondary N) is 2. The maximum absolute atomic E-state index is 10.1. The largest absolute Gasteiger partial charge is 0.352 e. The number of carbonyl (C=O) groups is 1. The number of nitrogens with two attached hydrogens (primary N) is 1. The van der Waals surface area contributed by atoms with Crippen molar-refractivity contribution in [3.05, 3.63) is 0 Å². The Labute approximate surface area is 66.5 Å². The van der Waals surface area contributed by atoms with Gasteiger partial charge in [-0.15, -0.1) is 5.92 Å². The topological polar surface area (TPSA) is 67.2 Å². The molecule has 0 rings (SSSR count). The summed E-state index contributed by atoms with van der Waals surface area (Å²) in [5.74, 6) is 5.57. The molecule has 2 amide bonds. The van der Waals surface area contributed by atoms with Gasteiger partial charge >= 0.3 is 6.03 Å². The summed E-state index contributed by atoms with van der Waals surface area (Å²) in [5.41, 5.74) is 4.83. The van der Waals surface area contributed by atoms with E-state index < -0.39 is 6.03 Å². The molecule has 4 nitrogen and oxygen atoms in total. The van der Waals surface area contributed by atoms with Gasteiger partial charge in [-0.3, -0.25) is 0 Å². The van der Waals surface area contributed by atoms with Crippen LogP contribution in [0, 0.1) is 11.8 Å². The normalized spacial score (nSPS) is 8.09. The van der Waals surface area contributed by atoms with Gasteiger partial charge in [0.2, 0.25) is 0 Å². The van der Waals surface area contributed by atoms with Gasteiger partial charge in [0.1, 0.15) is 0 Å².